The van der Waals surface area contributed by atoms with E-state index in [0.29, 0.717) is 31.7 Å². The van der Waals surface area contributed by atoms with Crippen molar-refractivity contribution in [3.63, 3.8) is 0 Å². The van der Waals surface area contributed by atoms with Gasteiger partial charge in [-0.25, -0.2) is 4.98 Å². The summed E-state index contributed by atoms with van der Waals surface area (Å²) in [6.07, 6.45) is 1.33. The number of hydrogen-bond donors (Lipinski definition) is 1. The average molecular weight is 383 g/mol. The summed E-state index contributed by atoms with van der Waals surface area (Å²) in [6, 6.07) is 9.55. The number of benzene rings is 2. The van der Waals surface area contributed by atoms with Crippen molar-refractivity contribution in [2.45, 2.75) is 6.54 Å². The normalized spacial score (nSPS) is 10.8. The summed E-state index contributed by atoms with van der Waals surface area (Å²) in [5, 5.41) is 4.15. The molecule has 1 heterocycles. The van der Waals surface area contributed by atoms with Crippen molar-refractivity contribution in [3.8, 4) is 0 Å². The Hall–Kier alpha value is -2.08. The molecule has 0 saturated heterocycles. The van der Waals surface area contributed by atoms with Crippen LogP contribution >= 0.6 is 34.8 Å². The lowest BCUT2D eigenvalue weighted by molar-refractivity contribution is -0.116. The fraction of sp³-hybridized carbons (Fsp3) is 0.0625. The molecule has 0 radical (unpaired) electrons. The molecule has 0 aliphatic heterocycles. The van der Waals surface area contributed by atoms with Crippen LogP contribution in [0.1, 0.15) is 0 Å². The van der Waals surface area contributed by atoms with Crippen molar-refractivity contribution >= 4 is 57.3 Å². The van der Waals surface area contributed by atoms with Gasteiger partial charge in [0.05, 0.1) is 27.3 Å². The smallest absolute Gasteiger partial charge is 0.261 e. The second kappa shape index (κ2) is 6.81. The summed E-state index contributed by atoms with van der Waals surface area (Å²) in [7, 11) is 0. The number of halogens is 3. The van der Waals surface area contributed by atoms with E-state index in [2.05, 4.69) is 10.3 Å². The number of anilines is 1. The quantitative estimate of drug-likeness (QED) is 0.745. The molecule has 5 nitrogen and oxygen atoms in total. The van der Waals surface area contributed by atoms with Gasteiger partial charge >= 0.3 is 0 Å². The van der Waals surface area contributed by atoms with Crippen LogP contribution in [0, 0.1) is 0 Å². The first-order valence-electron chi connectivity index (χ1n) is 6.83. The Balaban J connectivity index is 1.84. The van der Waals surface area contributed by atoms with Gasteiger partial charge in [0.15, 0.2) is 0 Å². The van der Waals surface area contributed by atoms with E-state index in [1.54, 1.807) is 24.3 Å². The molecule has 0 saturated carbocycles. The van der Waals surface area contributed by atoms with Gasteiger partial charge in [-0.3, -0.25) is 14.2 Å². The number of nitrogens with zero attached hydrogens (tertiary/aromatic N) is 2. The second-order valence-electron chi connectivity index (χ2n) is 5.02. The monoisotopic (exact) mass is 381 g/mol. The van der Waals surface area contributed by atoms with E-state index in [9.17, 15) is 9.59 Å². The topological polar surface area (TPSA) is 64.0 Å². The van der Waals surface area contributed by atoms with Crippen molar-refractivity contribution < 1.29 is 4.79 Å². The zero-order chi connectivity index (χ0) is 17.3. The minimum atomic E-state index is -0.390. The number of nitrogens with one attached hydrogen (secondary N) is 1. The molecule has 3 aromatic rings. The number of hydrogen-bond acceptors (Lipinski definition) is 3. The third kappa shape index (κ3) is 3.53. The molecule has 0 fully saturated rings. The number of fused-ring (bicyclic) bond motifs is 1. The first-order valence-corrected chi connectivity index (χ1v) is 7.97. The molecule has 0 spiro atoms. The van der Waals surface area contributed by atoms with Gasteiger partial charge in [-0.2, -0.15) is 0 Å². The predicted octanol–water partition coefficient (Wildman–Crippen LogP) is 4.00. The standard InChI is InChI=1S/C16H10Cl3N3O2/c17-9-1-4-14-11(5-9)16(24)22(8-20-14)7-15(23)21-10-2-3-12(18)13(19)6-10/h1-6,8H,7H2,(H,21,23). The molecular formula is C16H10Cl3N3O2. The molecule has 1 N–H and O–H groups in total. The number of aromatic nitrogens is 2. The first-order chi connectivity index (χ1) is 11.4. The van der Waals surface area contributed by atoms with Gasteiger partial charge in [0, 0.05) is 10.7 Å². The van der Waals surface area contributed by atoms with Crippen LogP contribution in [0.5, 0.6) is 0 Å². The van der Waals surface area contributed by atoms with E-state index in [4.69, 9.17) is 34.8 Å². The van der Waals surface area contributed by atoms with E-state index >= 15 is 0 Å². The summed E-state index contributed by atoms with van der Waals surface area (Å²) in [6.45, 7) is -0.186. The molecule has 1 amide bonds. The molecule has 24 heavy (non-hydrogen) atoms. The Labute approximate surface area is 151 Å². The lowest BCUT2D eigenvalue weighted by Gasteiger charge is -2.09. The highest BCUT2D eigenvalue weighted by atomic mass is 35.5. The molecule has 8 heteroatoms. The zero-order valence-corrected chi connectivity index (χ0v) is 14.4. The summed E-state index contributed by atoms with van der Waals surface area (Å²) >= 11 is 17.6. The predicted molar refractivity (Wildman–Crippen MR) is 96.1 cm³/mol. The Kier molecular flexibility index (Phi) is 4.76. The fourth-order valence-corrected chi connectivity index (χ4v) is 2.64. The maximum atomic E-state index is 12.4. The van der Waals surface area contributed by atoms with Crippen molar-refractivity contribution in [2.24, 2.45) is 0 Å². The molecule has 1 aromatic heterocycles. The van der Waals surface area contributed by atoms with E-state index < -0.39 is 5.91 Å². The van der Waals surface area contributed by atoms with Crippen LogP contribution in [-0.4, -0.2) is 15.5 Å². The maximum absolute atomic E-state index is 12.4. The molecule has 2 aromatic carbocycles. The molecule has 0 atom stereocenters. The minimum absolute atomic E-state index is 0.186. The fourth-order valence-electron chi connectivity index (χ4n) is 2.17. The first kappa shape index (κ1) is 16.8. The van der Waals surface area contributed by atoms with Crippen LogP contribution < -0.4 is 10.9 Å². The van der Waals surface area contributed by atoms with Gasteiger partial charge < -0.3 is 5.32 Å². The highest BCUT2D eigenvalue weighted by Gasteiger charge is 2.10. The molecule has 0 bridgehead atoms. The molecule has 0 aliphatic carbocycles. The highest BCUT2D eigenvalue weighted by Crippen LogP contribution is 2.25. The molecular weight excluding hydrogens is 373 g/mol. The minimum Gasteiger partial charge on any atom is -0.324 e. The molecule has 3 rings (SSSR count). The zero-order valence-electron chi connectivity index (χ0n) is 12.1. The van der Waals surface area contributed by atoms with Crippen LogP contribution in [0.15, 0.2) is 47.5 Å². The van der Waals surface area contributed by atoms with E-state index in [-0.39, 0.29) is 12.1 Å². The summed E-state index contributed by atoms with van der Waals surface area (Å²) in [4.78, 5) is 28.7. The van der Waals surface area contributed by atoms with Crippen LogP contribution in [0.4, 0.5) is 5.69 Å². The highest BCUT2D eigenvalue weighted by molar-refractivity contribution is 6.42. The van der Waals surface area contributed by atoms with Crippen molar-refractivity contribution in [1.82, 2.24) is 9.55 Å². The summed E-state index contributed by atoms with van der Waals surface area (Å²) in [5.41, 5.74) is 0.663. The second-order valence-corrected chi connectivity index (χ2v) is 6.27. The third-order valence-corrected chi connectivity index (χ3v) is 4.28. The summed E-state index contributed by atoms with van der Waals surface area (Å²) in [5.74, 6) is -0.390. The van der Waals surface area contributed by atoms with Crippen molar-refractivity contribution in [2.75, 3.05) is 5.32 Å². The Morgan fingerprint density at radius 3 is 2.62 bits per heavy atom. The Morgan fingerprint density at radius 1 is 1.08 bits per heavy atom. The van der Waals surface area contributed by atoms with Crippen molar-refractivity contribution in [3.05, 3.63) is 68.1 Å². The van der Waals surface area contributed by atoms with Gasteiger partial charge in [0.2, 0.25) is 5.91 Å². The SMILES string of the molecule is O=C(Cn1cnc2ccc(Cl)cc2c1=O)Nc1ccc(Cl)c(Cl)c1. The van der Waals surface area contributed by atoms with E-state index in [1.807, 2.05) is 0 Å². The Bertz CT molecular complexity index is 1000. The van der Waals surface area contributed by atoms with Crippen LogP contribution in [-0.2, 0) is 11.3 Å². The molecule has 0 unspecified atom stereocenters. The van der Waals surface area contributed by atoms with Crippen LogP contribution in [0.25, 0.3) is 10.9 Å². The number of carbonyl (C=O) groups excluding carboxylic acids is 1. The largest absolute Gasteiger partial charge is 0.324 e. The van der Waals surface area contributed by atoms with Crippen molar-refractivity contribution in [1.29, 1.82) is 0 Å². The lowest BCUT2D eigenvalue weighted by atomic mass is 10.2. The molecule has 122 valence electrons. The Morgan fingerprint density at radius 2 is 1.88 bits per heavy atom. The van der Waals surface area contributed by atoms with Crippen LogP contribution in [0.2, 0.25) is 15.1 Å². The summed E-state index contributed by atoms with van der Waals surface area (Å²) < 4.78 is 1.21. The average Bonchev–Trinajstić information content (AvgIpc) is 2.54. The van der Waals surface area contributed by atoms with Gasteiger partial charge in [-0.05, 0) is 36.4 Å². The van der Waals surface area contributed by atoms with E-state index in [1.165, 1.54) is 23.0 Å². The number of rotatable bonds is 3. The van der Waals surface area contributed by atoms with E-state index in [0.717, 1.165) is 0 Å². The number of carbonyl (C=O) groups is 1. The van der Waals surface area contributed by atoms with Gasteiger partial charge in [0.1, 0.15) is 6.54 Å². The lowest BCUT2D eigenvalue weighted by Crippen LogP contribution is -2.27. The molecule has 0 aliphatic rings. The maximum Gasteiger partial charge on any atom is 0.261 e. The van der Waals surface area contributed by atoms with Gasteiger partial charge in [-0.1, -0.05) is 34.8 Å². The van der Waals surface area contributed by atoms with Gasteiger partial charge in [0.25, 0.3) is 5.56 Å². The third-order valence-electron chi connectivity index (χ3n) is 3.30. The number of amides is 1. The van der Waals surface area contributed by atoms with Gasteiger partial charge in [-0.15, -0.1) is 0 Å². The van der Waals surface area contributed by atoms with Crippen LogP contribution in [0.3, 0.4) is 0 Å².